The van der Waals surface area contributed by atoms with Gasteiger partial charge in [0.1, 0.15) is 36.8 Å². The first-order valence-corrected chi connectivity index (χ1v) is 25.4. The summed E-state index contributed by atoms with van der Waals surface area (Å²) in [6.07, 6.45) is 44.5. The Morgan fingerprint density at radius 2 is 1.02 bits per heavy atom. The molecule has 0 radical (unpaired) electrons. The fourth-order valence-corrected chi connectivity index (χ4v) is 7.28. The van der Waals surface area contributed by atoms with Gasteiger partial charge in [-0.25, -0.2) is 0 Å². The molecule has 0 amide bonds. The Hall–Kier alpha value is -3.43. The summed E-state index contributed by atoms with van der Waals surface area (Å²) in [7, 11) is -4.61. The predicted octanol–water partition coefficient (Wildman–Crippen LogP) is 10.2. The second-order valence-corrected chi connectivity index (χ2v) is 17.6. The molecule has 64 heavy (non-hydrogen) atoms. The lowest BCUT2D eigenvalue weighted by atomic mass is 10.00. The average molecular weight is 919 g/mol. The second-order valence-electron chi connectivity index (χ2n) is 16.1. The van der Waals surface area contributed by atoms with Crippen molar-refractivity contribution in [2.24, 2.45) is 0 Å². The maximum atomic E-state index is 12.8. The molecule has 0 bridgehead atoms. The number of ether oxygens (including phenoxy) is 4. The number of aliphatic hydroxyl groups excluding tert-OH is 3. The minimum atomic E-state index is -4.61. The van der Waals surface area contributed by atoms with Crippen molar-refractivity contribution in [3.05, 3.63) is 97.2 Å². The molecule has 1 saturated heterocycles. The van der Waals surface area contributed by atoms with Gasteiger partial charge in [-0.15, -0.1) is 0 Å². The normalized spacial score (nSPS) is 20.5. The standard InChI is InChI=1S/C51H82O12S/c1-3-5-7-9-11-13-15-17-18-19-20-21-22-23-24-25-26-28-29-31-33-35-37-39-46(52)60-41-44(42-61-51-50(56)49(55)48(54)45(63-51)43-64(57,58)59)62-47(53)40-38-36-34-32-30-27-16-14-12-10-8-6-4-2/h5-8,10-14,16-18,20-21,23-24,44-45,48-51,54-56H,3-4,9,15,19,22,25-43H2,1-2H3,(H,57,58,59)/b7-5+,8-6+,12-10+,13-11+,16-14+,18-17+,21-20+,24-23+/t44?,45-,48-,49?,50?,51+/m1/s1. The minimum Gasteiger partial charge on any atom is -0.462 e. The highest BCUT2D eigenvalue weighted by atomic mass is 32.2. The maximum Gasteiger partial charge on any atom is 0.306 e. The molecule has 0 aromatic carbocycles. The van der Waals surface area contributed by atoms with Gasteiger partial charge in [-0.05, 0) is 77.0 Å². The molecule has 0 aromatic rings. The number of hydrogen-bond donors (Lipinski definition) is 4. The molecule has 1 heterocycles. The number of hydrogen-bond acceptors (Lipinski definition) is 11. The van der Waals surface area contributed by atoms with E-state index in [0.717, 1.165) is 116 Å². The third-order valence-corrected chi connectivity index (χ3v) is 11.0. The van der Waals surface area contributed by atoms with E-state index in [9.17, 15) is 37.9 Å². The van der Waals surface area contributed by atoms with Crippen LogP contribution in [-0.4, -0.2) is 96.0 Å². The predicted molar refractivity (Wildman–Crippen MR) is 256 cm³/mol. The quantitative estimate of drug-likeness (QED) is 0.0151. The molecule has 0 saturated carbocycles. The van der Waals surface area contributed by atoms with Gasteiger partial charge in [0.05, 0.1) is 6.61 Å². The van der Waals surface area contributed by atoms with Gasteiger partial charge in [0, 0.05) is 12.8 Å². The van der Waals surface area contributed by atoms with Crippen molar-refractivity contribution < 1.29 is 56.8 Å². The van der Waals surface area contributed by atoms with Gasteiger partial charge in [-0.3, -0.25) is 14.1 Å². The number of unbranched alkanes of at least 4 members (excludes halogenated alkanes) is 12. The first-order valence-electron chi connectivity index (χ1n) is 23.8. The topological polar surface area (TPSA) is 186 Å². The molecule has 3 unspecified atom stereocenters. The lowest BCUT2D eigenvalue weighted by molar-refractivity contribution is -0.297. The summed E-state index contributed by atoms with van der Waals surface area (Å²) in [4.78, 5) is 25.4. The largest absolute Gasteiger partial charge is 0.462 e. The molecule has 13 heteroatoms. The van der Waals surface area contributed by atoms with Crippen molar-refractivity contribution in [3.8, 4) is 0 Å². The van der Waals surface area contributed by atoms with Crippen LogP contribution < -0.4 is 0 Å². The molecule has 1 aliphatic rings. The highest BCUT2D eigenvalue weighted by Crippen LogP contribution is 2.24. The summed E-state index contributed by atoms with van der Waals surface area (Å²) in [5, 5.41) is 30.9. The number of esters is 2. The lowest BCUT2D eigenvalue weighted by Crippen LogP contribution is -2.60. The molecule has 0 spiro atoms. The Kier molecular flexibility index (Phi) is 36.5. The van der Waals surface area contributed by atoms with Crippen molar-refractivity contribution in [2.75, 3.05) is 19.0 Å². The van der Waals surface area contributed by atoms with Gasteiger partial charge in [0.2, 0.25) is 0 Å². The van der Waals surface area contributed by atoms with Gasteiger partial charge in [0.25, 0.3) is 10.1 Å². The summed E-state index contributed by atoms with van der Waals surface area (Å²) in [5.41, 5.74) is 0. The number of carbonyl (C=O) groups excluding carboxylic acids is 2. The van der Waals surface area contributed by atoms with Crippen molar-refractivity contribution in [1.82, 2.24) is 0 Å². The van der Waals surface area contributed by atoms with Crippen LogP contribution >= 0.6 is 0 Å². The molecule has 6 atom stereocenters. The first kappa shape index (κ1) is 58.6. The molecular weight excluding hydrogens is 837 g/mol. The smallest absolute Gasteiger partial charge is 0.306 e. The SMILES string of the molecule is CC/C=C/C=C/C=C/CCCCCCCC(=O)OC(COC(=O)CCCCCCCCC/C=C/C/C=C/C/C=C/C/C=C/C/C=C/CC)CO[C@H]1O[C@H](CS(=O)(=O)O)[C@@H](O)C(O)C1O. The number of aliphatic hydroxyl groups is 3. The van der Waals surface area contributed by atoms with Crippen LogP contribution in [-0.2, 0) is 38.7 Å². The lowest BCUT2D eigenvalue weighted by Gasteiger charge is -2.40. The van der Waals surface area contributed by atoms with Crippen LogP contribution in [0, 0.1) is 0 Å². The van der Waals surface area contributed by atoms with Crippen molar-refractivity contribution >= 4 is 22.1 Å². The molecule has 0 aliphatic carbocycles. The Balaban J connectivity index is 2.40. The Morgan fingerprint density at radius 1 is 0.547 bits per heavy atom. The van der Waals surface area contributed by atoms with Crippen LogP contribution in [0.15, 0.2) is 97.2 Å². The molecule has 364 valence electrons. The van der Waals surface area contributed by atoms with Gasteiger partial charge in [-0.2, -0.15) is 8.42 Å². The third kappa shape index (κ3) is 34.0. The third-order valence-electron chi connectivity index (χ3n) is 10.2. The fraction of sp³-hybridized carbons (Fsp3) is 0.647. The van der Waals surface area contributed by atoms with E-state index in [-0.39, 0.29) is 19.4 Å². The van der Waals surface area contributed by atoms with Crippen molar-refractivity contribution in [1.29, 1.82) is 0 Å². The van der Waals surface area contributed by atoms with Crippen LogP contribution in [0.5, 0.6) is 0 Å². The molecular formula is C51H82O12S. The summed E-state index contributed by atoms with van der Waals surface area (Å²) in [6.45, 7) is 3.47. The van der Waals surface area contributed by atoms with E-state index in [1.54, 1.807) is 0 Å². The average Bonchev–Trinajstić information content (AvgIpc) is 3.26. The van der Waals surface area contributed by atoms with Crippen LogP contribution in [0.2, 0.25) is 0 Å². The zero-order valence-corrected chi connectivity index (χ0v) is 39.7. The molecule has 1 aliphatic heterocycles. The maximum absolute atomic E-state index is 12.8. The summed E-state index contributed by atoms with van der Waals surface area (Å²) < 4.78 is 54.1. The first-order chi connectivity index (χ1) is 31.0. The number of rotatable bonds is 38. The molecule has 12 nitrogen and oxygen atoms in total. The van der Waals surface area contributed by atoms with Crippen molar-refractivity contribution in [3.63, 3.8) is 0 Å². The summed E-state index contributed by atoms with van der Waals surface area (Å²) in [5.74, 6) is -2.04. The van der Waals surface area contributed by atoms with E-state index in [2.05, 4.69) is 86.8 Å². The van der Waals surface area contributed by atoms with E-state index in [0.29, 0.717) is 12.8 Å². The van der Waals surface area contributed by atoms with Crippen LogP contribution in [0.1, 0.15) is 155 Å². The highest BCUT2D eigenvalue weighted by molar-refractivity contribution is 7.85. The Bertz CT molecular complexity index is 1540. The highest BCUT2D eigenvalue weighted by Gasteiger charge is 2.46. The zero-order valence-electron chi connectivity index (χ0n) is 38.8. The number of allylic oxidation sites excluding steroid dienone is 16. The second kappa shape index (κ2) is 39.9. The van der Waals surface area contributed by atoms with Crippen LogP contribution in [0.25, 0.3) is 0 Å². The van der Waals surface area contributed by atoms with Crippen LogP contribution in [0.4, 0.5) is 0 Å². The van der Waals surface area contributed by atoms with E-state index in [4.69, 9.17) is 18.9 Å². The van der Waals surface area contributed by atoms with Gasteiger partial charge >= 0.3 is 11.9 Å². The van der Waals surface area contributed by atoms with Gasteiger partial charge in [-0.1, -0.05) is 162 Å². The molecule has 1 rings (SSSR count). The Labute approximate surface area is 385 Å². The van der Waals surface area contributed by atoms with Gasteiger partial charge in [0.15, 0.2) is 12.4 Å². The fourth-order valence-electron chi connectivity index (χ4n) is 6.58. The summed E-state index contributed by atoms with van der Waals surface area (Å²) >= 11 is 0. The zero-order chi connectivity index (χ0) is 46.9. The minimum absolute atomic E-state index is 0.133. The molecule has 4 N–H and O–H groups in total. The number of carbonyl (C=O) groups is 2. The summed E-state index contributed by atoms with van der Waals surface area (Å²) in [6, 6.07) is 0. The van der Waals surface area contributed by atoms with E-state index >= 15 is 0 Å². The van der Waals surface area contributed by atoms with Crippen LogP contribution in [0.3, 0.4) is 0 Å². The van der Waals surface area contributed by atoms with E-state index in [1.807, 2.05) is 24.3 Å². The van der Waals surface area contributed by atoms with Crippen molar-refractivity contribution in [2.45, 2.75) is 192 Å². The van der Waals surface area contributed by atoms with E-state index in [1.165, 1.54) is 0 Å². The van der Waals surface area contributed by atoms with Gasteiger partial charge < -0.3 is 34.3 Å². The molecule has 1 fully saturated rings. The molecule has 0 aromatic heterocycles. The monoisotopic (exact) mass is 919 g/mol. The van der Waals surface area contributed by atoms with E-state index < -0.39 is 71.2 Å². The Morgan fingerprint density at radius 3 is 1.56 bits per heavy atom.